The van der Waals surface area contributed by atoms with Gasteiger partial charge in [0.05, 0.1) is 16.7 Å². The molecular weight excluding hydrogens is 340 g/mol. The van der Waals surface area contributed by atoms with Crippen LogP contribution in [0.2, 0.25) is 0 Å². The summed E-state index contributed by atoms with van der Waals surface area (Å²) in [4.78, 5) is 37.9. The summed E-state index contributed by atoms with van der Waals surface area (Å²) in [6, 6.07) is 10.9. The number of nitrogens with zero attached hydrogens (tertiary/aromatic N) is 1. The van der Waals surface area contributed by atoms with E-state index in [4.69, 9.17) is 4.42 Å². The molecule has 1 aromatic heterocycles. The third kappa shape index (κ3) is 3.83. The highest BCUT2D eigenvalue weighted by Gasteiger charge is 2.34. The number of benzene rings is 1. The van der Waals surface area contributed by atoms with Gasteiger partial charge in [-0.15, -0.1) is 0 Å². The lowest BCUT2D eigenvalue weighted by Gasteiger charge is -2.12. The Balaban J connectivity index is 1.59. The molecule has 3 amide bonds. The Labute approximate surface area is 148 Å². The van der Waals surface area contributed by atoms with E-state index in [2.05, 4.69) is 5.32 Å². The van der Waals surface area contributed by atoms with E-state index in [1.807, 2.05) is 30.3 Å². The van der Waals surface area contributed by atoms with Gasteiger partial charge in [0.2, 0.25) is 0 Å². The van der Waals surface area contributed by atoms with Gasteiger partial charge in [-0.3, -0.25) is 19.3 Å². The number of carbonyl (C=O) groups is 3. The number of amides is 3. The summed E-state index contributed by atoms with van der Waals surface area (Å²) in [6.45, 7) is 2.00. The summed E-state index contributed by atoms with van der Waals surface area (Å²) >= 11 is 0.907. The fraction of sp³-hybridized carbons (Fsp3) is 0.167. The van der Waals surface area contributed by atoms with Crippen molar-refractivity contribution in [2.24, 2.45) is 0 Å². The second-order valence-corrected chi connectivity index (χ2v) is 6.38. The number of thioether (sulfide) groups is 1. The Morgan fingerprint density at radius 3 is 2.68 bits per heavy atom. The van der Waals surface area contributed by atoms with Crippen LogP contribution in [0.1, 0.15) is 21.7 Å². The van der Waals surface area contributed by atoms with Crippen LogP contribution in [-0.2, 0) is 4.79 Å². The smallest absolute Gasteiger partial charge is 0.293 e. The van der Waals surface area contributed by atoms with Crippen LogP contribution in [-0.4, -0.2) is 35.0 Å². The highest BCUT2D eigenvalue weighted by molar-refractivity contribution is 8.18. The minimum atomic E-state index is -0.340. The Morgan fingerprint density at radius 1 is 1.24 bits per heavy atom. The van der Waals surface area contributed by atoms with Crippen molar-refractivity contribution in [3.8, 4) is 0 Å². The number of aryl methyl sites for hydroxylation is 1. The average Bonchev–Trinajstić information content (AvgIpc) is 3.14. The van der Waals surface area contributed by atoms with Crippen LogP contribution in [0.4, 0.5) is 4.79 Å². The van der Waals surface area contributed by atoms with Gasteiger partial charge in [-0.1, -0.05) is 30.3 Å². The lowest BCUT2D eigenvalue weighted by atomic mass is 10.2. The van der Waals surface area contributed by atoms with E-state index in [9.17, 15) is 14.4 Å². The first-order valence-corrected chi connectivity index (χ1v) is 8.50. The summed E-state index contributed by atoms with van der Waals surface area (Å²) in [5.41, 5.74) is 1.30. The van der Waals surface area contributed by atoms with Gasteiger partial charge in [0.25, 0.3) is 17.1 Å². The number of carbonyl (C=O) groups excluding carboxylic acids is 3. The van der Waals surface area contributed by atoms with E-state index >= 15 is 0 Å². The van der Waals surface area contributed by atoms with E-state index in [0.29, 0.717) is 16.2 Å². The van der Waals surface area contributed by atoms with Gasteiger partial charge in [0.15, 0.2) is 0 Å². The molecule has 0 saturated carbocycles. The maximum absolute atomic E-state index is 12.4. The molecule has 1 saturated heterocycles. The van der Waals surface area contributed by atoms with Gasteiger partial charge in [0.1, 0.15) is 5.76 Å². The Kier molecular flexibility index (Phi) is 5.04. The summed E-state index contributed by atoms with van der Waals surface area (Å²) in [6.07, 6.45) is 3.13. The second kappa shape index (κ2) is 7.40. The van der Waals surface area contributed by atoms with E-state index in [0.717, 1.165) is 22.2 Å². The van der Waals surface area contributed by atoms with Crippen LogP contribution in [0.15, 0.2) is 52.0 Å². The number of hydrogen-bond acceptors (Lipinski definition) is 5. The summed E-state index contributed by atoms with van der Waals surface area (Å²) in [7, 11) is 0. The van der Waals surface area contributed by atoms with Crippen molar-refractivity contribution in [3.63, 3.8) is 0 Å². The van der Waals surface area contributed by atoms with Gasteiger partial charge in [0, 0.05) is 13.1 Å². The zero-order valence-corrected chi connectivity index (χ0v) is 14.3. The molecule has 2 heterocycles. The zero-order valence-electron chi connectivity index (χ0n) is 13.5. The van der Waals surface area contributed by atoms with Crippen LogP contribution in [0, 0.1) is 6.92 Å². The van der Waals surface area contributed by atoms with Crippen molar-refractivity contribution in [1.82, 2.24) is 10.2 Å². The van der Waals surface area contributed by atoms with Crippen molar-refractivity contribution in [3.05, 3.63) is 64.5 Å². The van der Waals surface area contributed by atoms with Crippen LogP contribution in [0.25, 0.3) is 6.08 Å². The van der Waals surface area contributed by atoms with Crippen LogP contribution < -0.4 is 5.32 Å². The minimum Gasteiger partial charge on any atom is -0.469 e. The first-order valence-electron chi connectivity index (χ1n) is 7.69. The van der Waals surface area contributed by atoms with Gasteiger partial charge in [-0.2, -0.15) is 0 Å². The van der Waals surface area contributed by atoms with Gasteiger partial charge < -0.3 is 9.73 Å². The van der Waals surface area contributed by atoms with Gasteiger partial charge >= 0.3 is 0 Å². The highest BCUT2D eigenvalue weighted by atomic mass is 32.2. The van der Waals surface area contributed by atoms with E-state index in [-0.39, 0.29) is 30.1 Å². The molecule has 1 aliphatic rings. The molecule has 0 atom stereocenters. The molecule has 1 aliphatic heterocycles. The molecule has 0 unspecified atom stereocenters. The third-order valence-corrected chi connectivity index (χ3v) is 4.60. The van der Waals surface area contributed by atoms with Crippen molar-refractivity contribution in [2.75, 3.05) is 13.1 Å². The second-order valence-electron chi connectivity index (χ2n) is 5.39. The lowest BCUT2D eigenvalue weighted by molar-refractivity contribution is -0.122. The number of hydrogen-bond donors (Lipinski definition) is 1. The summed E-state index contributed by atoms with van der Waals surface area (Å²) < 4.78 is 5.08. The zero-order chi connectivity index (χ0) is 17.8. The van der Waals surface area contributed by atoms with Crippen molar-refractivity contribution >= 4 is 34.9 Å². The normalized spacial score (nSPS) is 15.9. The number of rotatable bonds is 5. The van der Waals surface area contributed by atoms with Gasteiger partial charge in [-0.05, 0) is 36.4 Å². The Hall–Kier alpha value is -2.80. The Bertz CT molecular complexity index is 842. The average molecular weight is 356 g/mol. The topological polar surface area (TPSA) is 79.6 Å². The number of furan rings is 1. The van der Waals surface area contributed by atoms with Gasteiger partial charge in [-0.25, -0.2) is 0 Å². The summed E-state index contributed by atoms with van der Waals surface area (Å²) in [5, 5.41) is 2.35. The van der Waals surface area contributed by atoms with Crippen LogP contribution in [0.5, 0.6) is 0 Å². The molecule has 1 fully saturated rings. The largest absolute Gasteiger partial charge is 0.469 e. The third-order valence-electron chi connectivity index (χ3n) is 3.70. The first-order chi connectivity index (χ1) is 12.1. The molecule has 128 valence electrons. The molecule has 25 heavy (non-hydrogen) atoms. The maximum Gasteiger partial charge on any atom is 0.293 e. The number of nitrogens with one attached hydrogen (secondary N) is 1. The molecule has 0 aliphatic carbocycles. The molecule has 0 spiro atoms. The fourth-order valence-corrected chi connectivity index (χ4v) is 3.26. The van der Waals surface area contributed by atoms with Crippen molar-refractivity contribution in [1.29, 1.82) is 0 Å². The van der Waals surface area contributed by atoms with E-state index < -0.39 is 0 Å². The summed E-state index contributed by atoms with van der Waals surface area (Å²) in [5.74, 6) is -0.111. The predicted octanol–water partition coefficient (Wildman–Crippen LogP) is 3.05. The molecule has 6 nitrogen and oxygen atoms in total. The maximum atomic E-state index is 12.4. The molecule has 1 aromatic carbocycles. The van der Waals surface area contributed by atoms with E-state index in [1.54, 1.807) is 19.1 Å². The van der Waals surface area contributed by atoms with Crippen LogP contribution >= 0.6 is 11.8 Å². The molecule has 0 radical (unpaired) electrons. The highest BCUT2D eigenvalue weighted by Crippen LogP contribution is 2.31. The molecule has 2 aromatic rings. The molecule has 0 bridgehead atoms. The van der Waals surface area contributed by atoms with E-state index in [1.165, 1.54) is 6.26 Å². The number of imide groups is 1. The molecular formula is C18H16N2O4S. The minimum absolute atomic E-state index is 0.124. The fourth-order valence-electron chi connectivity index (χ4n) is 2.39. The SMILES string of the molecule is Cc1occc1C(=O)NCCN1C(=O)S/C(=C\c2ccccc2)C1=O. The van der Waals surface area contributed by atoms with Crippen molar-refractivity contribution in [2.45, 2.75) is 6.92 Å². The van der Waals surface area contributed by atoms with Crippen LogP contribution in [0.3, 0.4) is 0 Å². The molecule has 3 rings (SSSR count). The monoisotopic (exact) mass is 356 g/mol. The standard InChI is InChI=1S/C18H16N2O4S/c1-12-14(7-10-24-12)16(21)19-8-9-20-17(22)15(25-18(20)23)11-13-5-3-2-4-6-13/h2-7,10-11H,8-9H2,1H3,(H,19,21)/b15-11-. The van der Waals surface area contributed by atoms with Crippen molar-refractivity contribution < 1.29 is 18.8 Å². The lowest BCUT2D eigenvalue weighted by Crippen LogP contribution is -2.37. The predicted molar refractivity (Wildman–Crippen MR) is 94.9 cm³/mol. The quantitative estimate of drug-likeness (QED) is 0.833. The first kappa shape index (κ1) is 17.0. The molecule has 1 N–H and O–H groups in total. The Morgan fingerprint density at radius 2 is 2.00 bits per heavy atom. The molecule has 7 heteroatoms.